The number of anilines is 1. The summed E-state index contributed by atoms with van der Waals surface area (Å²) in [4.78, 5) is 23.0. The zero-order valence-electron chi connectivity index (χ0n) is 14.7. The smallest absolute Gasteiger partial charge is 0.335 e. The molecule has 142 valence electrons. The summed E-state index contributed by atoms with van der Waals surface area (Å²) >= 11 is 5.83. The van der Waals surface area contributed by atoms with Gasteiger partial charge in [-0.2, -0.15) is 0 Å². The molecule has 0 saturated heterocycles. The average molecular weight is 389 g/mol. The maximum absolute atomic E-state index is 12.1. The summed E-state index contributed by atoms with van der Waals surface area (Å²) in [5, 5.41) is 15.3. The number of hydrogen-bond acceptors (Lipinski definition) is 3. The molecule has 6 nitrogen and oxygen atoms in total. The Balaban J connectivity index is 1.42. The van der Waals surface area contributed by atoms with Gasteiger partial charge in [-0.15, -0.1) is 0 Å². The highest BCUT2D eigenvalue weighted by Crippen LogP contribution is 2.24. The van der Waals surface area contributed by atoms with Crippen molar-refractivity contribution in [1.29, 1.82) is 0 Å². The van der Waals surface area contributed by atoms with Crippen LogP contribution in [-0.4, -0.2) is 29.3 Å². The minimum absolute atomic E-state index is 0.0676. The Morgan fingerprint density at radius 1 is 0.963 bits per heavy atom. The number of carbonyl (C=O) groups is 2. The Morgan fingerprint density at radius 2 is 1.59 bits per heavy atom. The molecule has 1 saturated carbocycles. The Kier molecular flexibility index (Phi) is 6.19. The second-order valence-corrected chi connectivity index (χ2v) is 6.96. The van der Waals surface area contributed by atoms with Gasteiger partial charge >= 0.3 is 12.0 Å². The number of aromatic carboxylic acids is 1. The molecular formula is C20H21ClN2O4. The lowest BCUT2D eigenvalue weighted by molar-refractivity contribution is 0.0696. The van der Waals surface area contributed by atoms with E-state index in [2.05, 4.69) is 10.6 Å². The molecule has 0 bridgehead atoms. The summed E-state index contributed by atoms with van der Waals surface area (Å²) in [6.45, 7) is 0. The first kappa shape index (κ1) is 19.0. The summed E-state index contributed by atoms with van der Waals surface area (Å²) in [6, 6.07) is 13.2. The van der Waals surface area contributed by atoms with Crippen LogP contribution in [0.25, 0.3) is 0 Å². The van der Waals surface area contributed by atoms with Crippen LogP contribution in [0.2, 0.25) is 5.02 Å². The fourth-order valence-electron chi connectivity index (χ4n) is 3.08. The van der Waals surface area contributed by atoms with Crippen molar-refractivity contribution in [3.8, 4) is 5.75 Å². The molecule has 1 aliphatic carbocycles. The normalized spacial score (nSPS) is 19.1. The Bertz CT molecular complexity index is 785. The molecule has 2 amide bonds. The van der Waals surface area contributed by atoms with Crippen molar-refractivity contribution >= 4 is 29.3 Å². The van der Waals surface area contributed by atoms with Crippen LogP contribution in [-0.2, 0) is 0 Å². The fraction of sp³-hybridized carbons (Fsp3) is 0.300. The van der Waals surface area contributed by atoms with E-state index in [1.165, 1.54) is 12.1 Å². The summed E-state index contributed by atoms with van der Waals surface area (Å²) in [5.41, 5.74) is 0.931. The van der Waals surface area contributed by atoms with Crippen LogP contribution in [0.15, 0.2) is 48.5 Å². The molecule has 27 heavy (non-hydrogen) atoms. The van der Waals surface area contributed by atoms with Crippen LogP contribution in [0.3, 0.4) is 0 Å². The third-order valence-corrected chi connectivity index (χ3v) is 4.77. The first-order valence-electron chi connectivity index (χ1n) is 8.83. The van der Waals surface area contributed by atoms with Gasteiger partial charge in [0.05, 0.1) is 11.7 Å². The number of ether oxygens (including phenoxy) is 1. The van der Waals surface area contributed by atoms with Crippen molar-refractivity contribution in [2.75, 3.05) is 5.32 Å². The number of carboxylic acid groups (broad SMARTS) is 1. The first-order chi connectivity index (χ1) is 13.0. The van der Waals surface area contributed by atoms with Crippen LogP contribution in [0, 0.1) is 0 Å². The lowest BCUT2D eigenvalue weighted by Gasteiger charge is -2.29. The van der Waals surface area contributed by atoms with Crippen LogP contribution in [0.1, 0.15) is 36.0 Å². The molecule has 1 fully saturated rings. The molecule has 0 radical (unpaired) electrons. The van der Waals surface area contributed by atoms with Crippen LogP contribution >= 0.6 is 11.6 Å². The zero-order chi connectivity index (χ0) is 19.2. The second kappa shape index (κ2) is 8.77. The van der Waals surface area contributed by atoms with E-state index >= 15 is 0 Å². The van der Waals surface area contributed by atoms with Gasteiger partial charge in [-0.25, -0.2) is 9.59 Å². The summed E-state index contributed by atoms with van der Waals surface area (Å²) in [5.74, 6) is -0.290. The van der Waals surface area contributed by atoms with E-state index in [4.69, 9.17) is 21.4 Å². The number of amides is 2. The molecule has 3 N–H and O–H groups in total. The van der Waals surface area contributed by atoms with Gasteiger partial charge in [0.25, 0.3) is 0 Å². The van der Waals surface area contributed by atoms with Gasteiger partial charge in [-0.3, -0.25) is 0 Å². The summed E-state index contributed by atoms with van der Waals surface area (Å²) in [6.07, 6.45) is 3.37. The standard InChI is InChI=1S/C20H21ClN2O4/c21-14-3-5-15(6-4-14)22-20(26)23-16-7-11-18(12-8-16)27-17-9-1-13(2-10-17)19(24)25/h1-6,9-10,16,18H,7-8,11-12H2,(H,24,25)(H2,22,23,26)/t16-,18-. The van der Waals surface area contributed by atoms with Crippen molar-refractivity contribution in [2.45, 2.75) is 37.8 Å². The van der Waals surface area contributed by atoms with E-state index in [1.807, 2.05) is 0 Å². The van der Waals surface area contributed by atoms with Crippen LogP contribution in [0.5, 0.6) is 5.75 Å². The summed E-state index contributed by atoms with van der Waals surface area (Å²) in [7, 11) is 0. The second-order valence-electron chi connectivity index (χ2n) is 6.53. The number of hydrogen-bond donors (Lipinski definition) is 3. The zero-order valence-corrected chi connectivity index (χ0v) is 15.4. The van der Waals surface area contributed by atoms with Crippen LogP contribution in [0.4, 0.5) is 10.5 Å². The van der Waals surface area contributed by atoms with Crippen molar-refractivity contribution in [1.82, 2.24) is 5.32 Å². The molecule has 1 aliphatic rings. The van der Waals surface area contributed by atoms with Gasteiger partial charge in [0.15, 0.2) is 0 Å². The summed E-state index contributed by atoms with van der Waals surface area (Å²) < 4.78 is 5.92. The van der Waals surface area contributed by atoms with Crippen molar-refractivity contribution in [2.24, 2.45) is 0 Å². The molecule has 2 aromatic rings. The van der Waals surface area contributed by atoms with E-state index in [0.29, 0.717) is 16.5 Å². The number of rotatable bonds is 5. The Morgan fingerprint density at radius 3 is 2.19 bits per heavy atom. The lowest BCUT2D eigenvalue weighted by Crippen LogP contribution is -2.41. The third kappa shape index (κ3) is 5.62. The van der Waals surface area contributed by atoms with Crippen molar-refractivity contribution in [3.05, 3.63) is 59.1 Å². The topological polar surface area (TPSA) is 87.7 Å². The predicted octanol–water partition coefficient (Wildman–Crippen LogP) is 4.55. The van der Waals surface area contributed by atoms with E-state index in [9.17, 15) is 9.59 Å². The van der Waals surface area contributed by atoms with Crippen molar-refractivity contribution < 1.29 is 19.4 Å². The molecule has 2 aromatic carbocycles. The third-order valence-electron chi connectivity index (χ3n) is 4.52. The molecule has 7 heteroatoms. The minimum Gasteiger partial charge on any atom is -0.490 e. The number of halogens is 1. The van der Waals surface area contributed by atoms with Gasteiger partial charge in [0.1, 0.15) is 5.75 Å². The minimum atomic E-state index is -0.954. The Labute approximate surface area is 162 Å². The molecule has 0 atom stereocenters. The number of urea groups is 1. The highest BCUT2D eigenvalue weighted by Gasteiger charge is 2.23. The molecule has 0 aromatic heterocycles. The number of nitrogens with one attached hydrogen (secondary N) is 2. The number of benzene rings is 2. The molecule has 0 heterocycles. The van der Waals surface area contributed by atoms with E-state index < -0.39 is 5.97 Å². The van der Waals surface area contributed by atoms with Gasteiger partial charge in [0.2, 0.25) is 0 Å². The van der Waals surface area contributed by atoms with Gasteiger partial charge in [0, 0.05) is 16.8 Å². The lowest BCUT2D eigenvalue weighted by atomic mass is 9.93. The molecule has 3 rings (SSSR count). The van der Waals surface area contributed by atoms with Crippen LogP contribution < -0.4 is 15.4 Å². The highest BCUT2D eigenvalue weighted by molar-refractivity contribution is 6.30. The number of carboxylic acids is 1. The monoisotopic (exact) mass is 388 g/mol. The maximum atomic E-state index is 12.1. The SMILES string of the molecule is O=C(Nc1ccc(Cl)cc1)N[C@H]1CC[C@H](Oc2ccc(C(=O)O)cc2)CC1. The predicted molar refractivity (Wildman–Crippen MR) is 104 cm³/mol. The van der Waals surface area contributed by atoms with Crippen molar-refractivity contribution in [3.63, 3.8) is 0 Å². The molecule has 0 aliphatic heterocycles. The number of carbonyl (C=O) groups excluding carboxylic acids is 1. The molecule has 0 unspecified atom stereocenters. The quantitative estimate of drug-likeness (QED) is 0.701. The van der Waals surface area contributed by atoms with E-state index in [0.717, 1.165) is 25.7 Å². The first-order valence-corrected chi connectivity index (χ1v) is 9.20. The highest BCUT2D eigenvalue weighted by atomic mass is 35.5. The maximum Gasteiger partial charge on any atom is 0.335 e. The van der Waals surface area contributed by atoms with Gasteiger partial charge in [-0.05, 0) is 74.2 Å². The van der Waals surface area contributed by atoms with E-state index in [1.54, 1.807) is 36.4 Å². The average Bonchev–Trinajstić information content (AvgIpc) is 2.66. The largest absolute Gasteiger partial charge is 0.490 e. The Hall–Kier alpha value is -2.73. The fourth-order valence-corrected chi connectivity index (χ4v) is 3.21. The molecular weight excluding hydrogens is 368 g/mol. The van der Waals surface area contributed by atoms with E-state index in [-0.39, 0.29) is 23.7 Å². The van der Waals surface area contributed by atoms with Gasteiger partial charge in [-0.1, -0.05) is 11.6 Å². The van der Waals surface area contributed by atoms with Gasteiger partial charge < -0.3 is 20.5 Å². The molecule has 0 spiro atoms.